The lowest BCUT2D eigenvalue weighted by atomic mass is 9.76. The van der Waals surface area contributed by atoms with Gasteiger partial charge in [0, 0.05) is 5.56 Å². The third-order valence-electron chi connectivity index (χ3n) is 7.58. The predicted molar refractivity (Wildman–Crippen MR) is 144 cm³/mol. The van der Waals surface area contributed by atoms with Crippen molar-refractivity contribution >= 4 is 0 Å². The first-order valence-electron chi connectivity index (χ1n) is 14.1. The highest BCUT2D eigenvalue weighted by Crippen LogP contribution is 2.43. The summed E-state index contributed by atoms with van der Waals surface area (Å²) in [5.41, 5.74) is 0.247. The molecule has 9 heteroatoms. The van der Waals surface area contributed by atoms with E-state index >= 15 is 4.39 Å². The molecule has 3 aromatic rings. The number of hydrogen-bond acceptors (Lipinski definition) is 3. The molecule has 0 aliphatic heterocycles. The van der Waals surface area contributed by atoms with E-state index in [0.717, 1.165) is 12.8 Å². The summed E-state index contributed by atoms with van der Waals surface area (Å²) in [4.78, 5) is 0. The van der Waals surface area contributed by atoms with Gasteiger partial charge in [-0.05, 0) is 86.3 Å². The minimum atomic E-state index is -1.22. The maximum atomic E-state index is 15.1. The third-order valence-corrected chi connectivity index (χ3v) is 7.58. The molecule has 1 aliphatic rings. The van der Waals surface area contributed by atoms with Crippen molar-refractivity contribution < 1.29 is 40.6 Å². The molecule has 3 aromatic carbocycles. The zero-order valence-corrected chi connectivity index (χ0v) is 23.2. The molecule has 0 aromatic heterocycles. The molecule has 0 spiro atoms. The second-order valence-corrected chi connectivity index (χ2v) is 10.2. The normalized spacial score (nSPS) is 17.0. The van der Waals surface area contributed by atoms with Crippen molar-refractivity contribution in [2.24, 2.45) is 0 Å². The Morgan fingerprint density at radius 3 is 1.59 bits per heavy atom. The highest BCUT2D eigenvalue weighted by atomic mass is 19.2. The van der Waals surface area contributed by atoms with Crippen LogP contribution in [0.5, 0.6) is 17.2 Å². The number of unbranched alkanes of at least 4 members (excludes halogenated alkanes) is 2. The van der Waals surface area contributed by atoms with Gasteiger partial charge in [0.1, 0.15) is 6.61 Å². The Bertz CT molecular complexity index is 1340. The van der Waals surface area contributed by atoms with Crippen LogP contribution >= 0.6 is 0 Å². The lowest BCUT2D eigenvalue weighted by Gasteiger charge is -2.30. The zero-order valence-electron chi connectivity index (χ0n) is 23.2. The zero-order chi connectivity index (χ0) is 29.5. The van der Waals surface area contributed by atoms with Crippen molar-refractivity contribution in [1.29, 1.82) is 0 Å². The first kappa shape index (κ1) is 30.6. The molecule has 0 bridgehead atoms. The Kier molecular flexibility index (Phi) is 10.5. The minimum absolute atomic E-state index is 0.140. The summed E-state index contributed by atoms with van der Waals surface area (Å²) in [6.45, 7) is 3.66. The average Bonchev–Trinajstić information content (AvgIpc) is 2.97. The Morgan fingerprint density at radius 1 is 0.561 bits per heavy atom. The summed E-state index contributed by atoms with van der Waals surface area (Å²) in [5, 5.41) is 0. The average molecular weight is 581 g/mol. The third kappa shape index (κ3) is 6.93. The van der Waals surface area contributed by atoms with Gasteiger partial charge in [0.15, 0.2) is 34.7 Å². The topological polar surface area (TPSA) is 27.7 Å². The summed E-state index contributed by atoms with van der Waals surface area (Å²) >= 11 is 0. The van der Waals surface area contributed by atoms with E-state index in [-0.39, 0.29) is 53.2 Å². The largest absolute Gasteiger partial charge is 0.491 e. The molecular weight excluding hydrogens is 546 g/mol. The van der Waals surface area contributed by atoms with E-state index in [1.165, 1.54) is 36.4 Å². The second-order valence-electron chi connectivity index (χ2n) is 10.2. The van der Waals surface area contributed by atoms with Crippen LogP contribution in [0.3, 0.4) is 0 Å². The van der Waals surface area contributed by atoms with Gasteiger partial charge in [-0.1, -0.05) is 31.9 Å². The highest BCUT2D eigenvalue weighted by Gasteiger charge is 2.30. The molecule has 1 fully saturated rings. The molecule has 0 N–H and O–H groups in total. The van der Waals surface area contributed by atoms with Crippen molar-refractivity contribution in [2.45, 2.75) is 77.2 Å². The van der Waals surface area contributed by atoms with Gasteiger partial charge in [0.25, 0.3) is 0 Å². The van der Waals surface area contributed by atoms with Gasteiger partial charge in [-0.15, -0.1) is 0 Å². The molecule has 1 aliphatic carbocycles. The molecule has 0 heterocycles. The SMILES string of the molecule is CCCCCOc1ccc(COc2ccc(C3CCC(c4ccc(OCC)c(F)c4F)CC3)c(F)c2F)c(F)c1F. The first-order chi connectivity index (χ1) is 19.8. The van der Waals surface area contributed by atoms with Crippen LogP contribution < -0.4 is 14.2 Å². The van der Waals surface area contributed by atoms with Gasteiger partial charge >= 0.3 is 0 Å². The Hall–Kier alpha value is -3.36. The van der Waals surface area contributed by atoms with E-state index in [4.69, 9.17) is 14.2 Å². The molecular formula is C32H34F6O3. The first-order valence-corrected chi connectivity index (χ1v) is 14.1. The maximum absolute atomic E-state index is 15.1. The van der Waals surface area contributed by atoms with Crippen LogP contribution in [0.15, 0.2) is 36.4 Å². The predicted octanol–water partition coefficient (Wildman–Crippen LogP) is 9.51. The molecule has 4 rings (SSSR count). The fourth-order valence-corrected chi connectivity index (χ4v) is 5.30. The molecule has 0 amide bonds. The van der Waals surface area contributed by atoms with Gasteiger partial charge in [-0.3, -0.25) is 0 Å². The van der Waals surface area contributed by atoms with Gasteiger partial charge in [-0.2, -0.15) is 13.2 Å². The lowest BCUT2D eigenvalue weighted by Crippen LogP contribution is -2.15. The number of halogens is 6. The van der Waals surface area contributed by atoms with Gasteiger partial charge in [0.05, 0.1) is 13.2 Å². The van der Waals surface area contributed by atoms with Crippen LogP contribution in [0.2, 0.25) is 0 Å². The van der Waals surface area contributed by atoms with E-state index in [0.29, 0.717) is 32.1 Å². The standard InChI is InChI=1S/C32H34F6O3/c1-3-5-6-17-40-25-14-11-21(27(33)30(25)36)18-41-26-16-13-23(29(35)32(26)38)20-9-7-19(8-10-20)22-12-15-24(39-4-2)31(37)28(22)34/h11-16,19-20H,3-10,17-18H2,1-2H3. The van der Waals surface area contributed by atoms with Crippen molar-refractivity contribution in [3.63, 3.8) is 0 Å². The van der Waals surface area contributed by atoms with E-state index in [2.05, 4.69) is 0 Å². The molecule has 222 valence electrons. The summed E-state index contributed by atoms with van der Waals surface area (Å²) in [6, 6.07) is 8.18. The molecule has 41 heavy (non-hydrogen) atoms. The van der Waals surface area contributed by atoms with Crippen molar-refractivity contribution in [2.75, 3.05) is 13.2 Å². The van der Waals surface area contributed by atoms with Crippen LogP contribution in [0.4, 0.5) is 26.3 Å². The molecule has 0 saturated heterocycles. The van der Waals surface area contributed by atoms with Gasteiger partial charge in [0.2, 0.25) is 17.5 Å². The molecule has 0 unspecified atom stereocenters. The van der Waals surface area contributed by atoms with Crippen LogP contribution in [-0.4, -0.2) is 13.2 Å². The Morgan fingerprint density at radius 2 is 1.05 bits per heavy atom. The number of benzene rings is 3. The summed E-state index contributed by atoms with van der Waals surface area (Å²) in [6.07, 6.45) is 4.42. The molecule has 0 atom stereocenters. The van der Waals surface area contributed by atoms with Crippen molar-refractivity contribution in [3.8, 4) is 17.2 Å². The second kappa shape index (κ2) is 14.0. The molecule has 1 saturated carbocycles. The monoisotopic (exact) mass is 580 g/mol. The molecule has 0 radical (unpaired) electrons. The highest BCUT2D eigenvalue weighted by molar-refractivity contribution is 5.36. The Balaban J connectivity index is 1.38. The van der Waals surface area contributed by atoms with Gasteiger partial charge in [-0.25, -0.2) is 13.2 Å². The van der Waals surface area contributed by atoms with E-state index in [9.17, 15) is 22.0 Å². The van der Waals surface area contributed by atoms with E-state index < -0.39 is 47.3 Å². The van der Waals surface area contributed by atoms with Crippen molar-refractivity contribution in [3.05, 3.63) is 88.0 Å². The van der Waals surface area contributed by atoms with Gasteiger partial charge < -0.3 is 14.2 Å². The fraction of sp³-hybridized carbons (Fsp3) is 0.438. The molecule has 3 nitrogen and oxygen atoms in total. The smallest absolute Gasteiger partial charge is 0.201 e. The quantitative estimate of drug-likeness (QED) is 0.158. The summed E-state index contributed by atoms with van der Waals surface area (Å²) in [7, 11) is 0. The number of hydrogen-bond donors (Lipinski definition) is 0. The maximum Gasteiger partial charge on any atom is 0.201 e. The van der Waals surface area contributed by atoms with E-state index in [1.807, 2.05) is 6.92 Å². The van der Waals surface area contributed by atoms with Crippen LogP contribution in [0.25, 0.3) is 0 Å². The lowest BCUT2D eigenvalue weighted by molar-refractivity contribution is 0.268. The summed E-state index contributed by atoms with van der Waals surface area (Å²) < 4.78 is 104. The summed E-state index contributed by atoms with van der Waals surface area (Å²) in [5.74, 6) is -7.94. The van der Waals surface area contributed by atoms with Crippen molar-refractivity contribution in [1.82, 2.24) is 0 Å². The number of ether oxygens (including phenoxy) is 3. The minimum Gasteiger partial charge on any atom is -0.491 e. The van der Waals surface area contributed by atoms with E-state index in [1.54, 1.807) is 6.92 Å². The van der Waals surface area contributed by atoms with Crippen LogP contribution in [0.1, 0.15) is 87.3 Å². The Labute approximate surface area is 236 Å². The van der Waals surface area contributed by atoms with Crippen LogP contribution in [0, 0.1) is 34.9 Å². The number of rotatable bonds is 12. The fourth-order valence-electron chi connectivity index (χ4n) is 5.30. The van der Waals surface area contributed by atoms with Crippen LogP contribution in [-0.2, 0) is 6.61 Å².